The summed E-state index contributed by atoms with van der Waals surface area (Å²) in [5, 5.41) is 8.13. The SMILES string of the molecule is COc1cc2c(cc1NCC(=O)Nc1cc(C)ccc1C)oc1ccccc12. The lowest BCUT2D eigenvalue weighted by atomic mass is 10.1. The molecule has 1 amide bonds. The van der Waals surface area contributed by atoms with E-state index in [4.69, 9.17) is 9.15 Å². The van der Waals surface area contributed by atoms with Gasteiger partial charge in [-0.05, 0) is 43.2 Å². The zero-order valence-corrected chi connectivity index (χ0v) is 16.1. The maximum Gasteiger partial charge on any atom is 0.243 e. The molecule has 0 bridgehead atoms. The number of carbonyl (C=O) groups excluding carboxylic acids is 1. The van der Waals surface area contributed by atoms with E-state index >= 15 is 0 Å². The van der Waals surface area contributed by atoms with E-state index in [2.05, 4.69) is 10.6 Å². The van der Waals surface area contributed by atoms with Crippen molar-refractivity contribution in [1.29, 1.82) is 0 Å². The minimum Gasteiger partial charge on any atom is -0.495 e. The summed E-state index contributed by atoms with van der Waals surface area (Å²) in [5.41, 5.74) is 5.24. The Morgan fingerprint density at radius 1 is 0.964 bits per heavy atom. The standard InChI is InChI=1S/C23H22N2O3/c1-14-8-9-15(2)18(10-14)25-23(26)13-24-19-12-21-17(11-22(19)27-3)16-6-4-5-7-20(16)28-21/h4-12,24H,13H2,1-3H3,(H,25,26). The van der Waals surface area contributed by atoms with E-state index in [1.54, 1.807) is 7.11 Å². The van der Waals surface area contributed by atoms with Crippen molar-refractivity contribution in [3.05, 3.63) is 65.7 Å². The molecule has 0 unspecified atom stereocenters. The van der Waals surface area contributed by atoms with Crippen molar-refractivity contribution < 1.29 is 13.9 Å². The van der Waals surface area contributed by atoms with Gasteiger partial charge in [-0.3, -0.25) is 4.79 Å². The number of rotatable bonds is 5. The van der Waals surface area contributed by atoms with Gasteiger partial charge in [-0.1, -0.05) is 30.3 Å². The van der Waals surface area contributed by atoms with Crippen molar-refractivity contribution in [2.24, 2.45) is 0 Å². The average Bonchev–Trinajstić information content (AvgIpc) is 3.05. The number of hydrogen-bond acceptors (Lipinski definition) is 4. The maximum absolute atomic E-state index is 12.4. The van der Waals surface area contributed by atoms with Gasteiger partial charge in [-0.25, -0.2) is 0 Å². The molecular formula is C23H22N2O3. The molecule has 2 N–H and O–H groups in total. The van der Waals surface area contributed by atoms with Crippen LogP contribution in [0.5, 0.6) is 5.75 Å². The summed E-state index contributed by atoms with van der Waals surface area (Å²) in [7, 11) is 1.62. The van der Waals surface area contributed by atoms with Crippen LogP contribution in [0.25, 0.3) is 21.9 Å². The molecule has 1 aromatic heterocycles. The van der Waals surface area contributed by atoms with Gasteiger partial charge >= 0.3 is 0 Å². The summed E-state index contributed by atoms with van der Waals surface area (Å²) >= 11 is 0. The number of methoxy groups -OCH3 is 1. The van der Waals surface area contributed by atoms with E-state index in [0.29, 0.717) is 11.4 Å². The van der Waals surface area contributed by atoms with Gasteiger partial charge in [0.1, 0.15) is 16.9 Å². The van der Waals surface area contributed by atoms with Crippen molar-refractivity contribution in [1.82, 2.24) is 0 Å². The largest absolute Gasteiger partial charge is 0.495 e. The Morgan fingerprint density at radius 3 is 2.61 bits per heavy atom. The number of para-hydroxylation sites is 1. The first-order chi connectivity index (χ1) is 13.5. The number of amides is 1. The minimum atomic E-state index is -0.125. The second kappa shape index (κ2) is 7.27. The number of furan rings is 1. The van der Waals surface area contributed by atoms with Crippen molar-refractivity contribution in [2.45, 2.75) is 13.8 Å². The Morgan fingerprint density at radius 2 is 1.79 bits per heavy atom. The molecule has 0 saturated heterocycles. The maximum atomic E-state index is 12.4. The Bertz CT molecular complexity index is 1180. The molecule has 0 fully saturated rings. The molecule has 0 atom stereocenters. The molecule has 142 valence electrons. The zero-order chi connectivity index (χ0) is 19.7. The summed E-state index contributed by atoms with van der Waals surface area (Å²) < 4.78 is 11.4. The third-order valence-electron chi connectivity index (χ3n) is 4.81. The molecule has 3 aromatic carbocycles. The van der Waals surface area contributed by atoms with E-state index in [0.717, 1.165) is 38.8 Å². The number of hydrogen-bond donors (Lipinski definition) is 2. The number of benzene rings is 3. The van der Waals surface area contributed by atoms with Crippen LogP contribution >= 0.6 is 0 Å². The van der Waals surface area contributed by atoms with Crippen LogP contribution in [0.2, 0.25) is 0 Å². The molecular weight excluding hydrogens is 352 g/mol. The summed E-state index contributed by atoms with van der Waals surface area (Å²) in [5.74, 6) is 0.541. The summed E-state index contributed by atoms with van der Waals surface area (Å²) in [4.78, 5) is 12.4. The van der Waals surface area contributed by atoms with Gasteiger partial charge in [0.2, 0.25) is 5.91 Å². The minimum absolute atomic E-state index is 0.121. The van der Waals surface area contributed by atoms with E-state index in [1.165, 1.54) is 0 Å². The highest BCUT2D eigenvalue weighted by atomic mass is 16.5. The summed E-state index contributed by atoms with van der Waals surface area (Å²) in [6, 6.07) is 17.7. The number of carbonyl (C=O) groups is 1. The van der Waals surface area contributed by atoms with Crippen LogP contribution in [0.1, 0.15) is 11.1 Å². The lowest BCUT2D eigenvalue weighted by Gasteiger charge is -2.13. The summed E-state index contributed by atoms with van der Waals surface area (Å²) in [6.45, 7) is 4.09. The molecule has 0 aliphatic heterocycles. The Kier molecular flexibility index (Phi) is 4.65. The monoisotopic (exact) mass is 374 g/mol. The quantitative estimate of drug-likeness (QED) is 0.500. The van der Waals surface area contributed by atoms with Crippen LogP contribution in [0, 0.1) is 13.8 Å². The van der Waals surface area contributed by atoms with Gasteiger partial charge < -0.3 is 19.8 Å². The van der Waals surface area contributed by atoms with Crippen molar-refractivity contribution in [3.63, 3.8) is 0 Å². The lowest BCUT2D eigenvalue weighted by Crippen LogP contribution is -2.22. The molecule has 0 saturated carbocycles. The molecule has 0 aliphatic rings. The van der Waals surface area contributed by atoms with Gasteiger partial charge in [-0.15, -0.1) is 0 Å². The smallest absolute Gasteiger partial charge is 0.243 e. The van der Waals surface area contributed by atoms with Gasteiger partial charge in [0.15, 0.2) is 0 Å². The van der Waals surface area contributed by atoms with Crippen molar-refractivity contribution >= 4 is 39.2 Å². The van der Waals surface area contributed by atoms with Crippen LogP contribution in [0.3, 0.4) is 0 Å². The lowest BCUT2D eigenvalue weighted by molar-refractivity contribution is -0.114. The van der Waals surface area contributed by atoms with Crippen LogP contribution < -0.4 is 15.4 Å². The van der Waals surface area contributed by atoms with Crippen LogP contribution in [0.15, 0.2) is 59.0 Å². The first-order valence-corrected chi connectivity index (χ1v) is 9.15. The van der Waals surface area contributed by atoms with Crippen molar-refractivity contribution in [2.75, 3.05) is 24.3 Å². The number of ether oxygens (including phenoxy) is 1. The fourth-order valence-corrected chi connectivity index (χ4v) is 3.30. The van der Waals surface area contributed by atoms with Gasteiger partial charge in [0.25, 0.3) is 0 Å². The van der Waals surface area contributed by atoms with E-state index in [9.17, 15) is 4.79 Å². The van der Waals surface area contributed by atoms with E-state index < -0.39 is 0 Å². The van der Waals surface area contributed by atoms with Crippen LogP contribution in [0.4, 0.5) is 11.4 Å². The molecule has 4 aromatic rings. The summed E-state index contributed by atoms with van der Waals surface area (Å²) in [6.07, 6.45) is 0. The topological polar surface area (TPSA) is 63.5 Å². The molecule has 1 heterocycles. The predicted octanol–water partition coefficient (Wildman–Crippen LogP) is 5.26. The second-order valence-electron chi connectivity index (χ2n) is 6.87. The molecule has 0 radical (unpaired) electrons. The Labute approximate surface area is 163 Å². The normalized spacial score (nSPS) is 11.0. The molecule has 0 aliphatic carbocycles. The number of aryl methyl sites for hydroxylation is 2. The Hall–Kier alpha value is -3.47. The first kappa shape index (κ1) is 17.9. The Balaban J connectivity index is 1.56. The second-order valence-corrected chi connectivity index (χ2v) is 6.87. The molecule has 5 heteroatoms. The van der Waals surface area contributed by atoms with E-state index in [1.807, 2.05) is 68.4 Å². The molecule has 28 heavy (non-hydrogen) atoms. The zero-order valence-electron chi connectivity index (χ0n) is 16.1. The number of nitrogens with one attached hydrogen (secondary N) is 2. The van der Waals surface area contributed by atoms with Gasteiger partial charge in [-0.2, -0.15) is 0 Å². The van der Waals surface area contributed by atoms with Crippen LogP contribution in [-0.4, -0.2) is 19.6 Å². The first-order valence-electron chi connectivity index (χ1n) is 9.15. The number of fused-ring (bicyclic) bond motifs is 3. The predicted molar refractivity (Wildman–Crippen MR) is 113 cm³/mol. The fourth-order valence-electron chi connectivity index (χ4n) is 3.30. The highest BCUT2D eigenvalue weighted by Crippen LogP contribution is 2.36. The average molecular weight is 374 g/mol. The molecule has 5 nitrogen and oxygen atoms in total. The molecule has 0 spiro atoms. The van der Waals surface area contributed by atoms with Gasteiger partial charge in [0.05, 0.1) is 19.3 Å². The van der Waals surface area contributed by atoms with Gasteiger partial charge in [0, 0.05) is 22.5 Å². The fraction of sp³-hybridized carbons (Fsp3) is 0.174. The number of anilines is 2. The third kappa shape index (κ3) is 3.39. The highest BCUT2D eigenvalue weighted by molar-refractivity contribution is 6.06. The third-order valence-corrected chi connectivity index (χ3v) is 4.81. The highest BCUT2D eigenvalue weighted by Gasteiger charge is 2.13. The van der Waals surface area contributed by atoms with Crippen LogP contribution in [-0.2, 0) is 4.79 Å². The van der Waals surface area contributed by atoms with E-state index in [-0.39, 0.29) is 12.5 Å². The van der Waals surface area contributed by atoms with Crippen molar-refractivity contribution in [3.8, 4) is 5.75 Å². The molecule has 4 rings (SSSR count).